The van der Waals surface area contributed by atoms with Gasteiger partial charge in [-0.15, -0.1) is 0 Å². The molecule has 232 valence electrons. The molecule has 1 fully saturated rings. The number of pyridine rings is 1. The van der Waals surface area contributed by atoms with Gasteiger partial charge in [-0.05, 0) is 68.5 Å². The maximum absolute atomic E-state index is 13.9. The Labute approximate surface area is 256 Å². The van der Waals surface area contributed by atoms with Crippen LogP contribution in [-0.4, -0.2) is 71.0 Å². The number of nitrogens with one attached hydrogen (secondary N) is 1. The Hall–Kier alpha value is -4.93. The molecule has 0 radical (unpaired) electrons. The monoisotopic (exact) mass is 602 g/mol. The van der Waals surface area contributed by atoms with Crippen molar-refractivity contribution in [3.05, 3.63) is 72.4 Å². The lowest BCUT2D eigenvalue weighted by Gasteiger charge is -2.28. The Morgan fingerprint density at radius 3 is 2.55 bits per heavy atom. The second kappa shape index (κ2) is 14.0. The predicted molar refractivity (Wildman–Crippen MR) is 165 cm³/mol. The topological polar surface area (TPSA) is 150 Å². The van der Waals surface area contributed by atoms with E-state index in [1.807, 2.05) is 48.5 Å². The number of likely N-dealkylation sites (tertiary alicyclic amines) is 1. The van der Waals surface area contributed by atoms with Crippen molar-refractivity contribution in [2.45, 2.75) is 63.8 Å². The van der Waals surface area contributed by atoms with E-state index in [9.17, 15) is 19.2 Å². The average Bonchev–Trinajstić information content (AvgIpc) is 3.41. The lowest BCUT2D eigenvalue weighted by Crippen LogP contribution is -2.53. The summed E-state index contributed by atoms with van der Waals surface area (Å²) in [5.41, 5.74) is 5.75. The number of hydrogen-bond acceptors (Lipinski definition) is 8. The second-order valence-electron chi connectivity index (χ2n) is 11.5. The van der Waals surface area contributed by atoms with Crippen molar-refractivity contribution in [1.82, 2.24) is 15.2 Å². The lowest BCUT2D eigenvalue weighted by molar-refractivity contribution is -0.139. The molecule has 11 nitrogen and oxygen atoms in total. The number of aromatic nitrogens is 1. The number of rotatable bonds is 11. The van der Waals surface area contributed by atoms with Crippen LogP contribution in [0.2, 0.25) is 0 Å². The minimum Gasteiger partial charge on any atom is -0.497 e. The summed E-state index contributed by atoms with van der Waals surface area (Å²) in [4.78, 5) is 57.4. The van der Waals surface area contributed by atoms with Crippen LogP contribution in [0.5, 0.6) is 11.6 Å². The van der Waals surface area contributed by atoms with E-state index in [0.29, 0.717) is 11.6 Å². The minimum atomic E-state index is -1.15. The van der Waals surface area contributed by atoms with Crippen LogP contribution in [0, 0.1) is 0 Å². The molecule has 0 saturated carbocycles. The van der Waals surface area contributed by atoms with Crippen LogP contribution in [0.1, 0.15) is 45.6 Å². The van der Waals surface area contributed by atoms with Crippen molar-refractivity contribution in [2.75, 3.05) is 13.7 Å². The minimum absolute atomic E-state index is 0.0176. The summed E-state index contributed by atoms with van der Waals surface area (Å²) < 4.78 is 16.9. The lowest BCUT2D eigenvalue weighted by atomic mass is 10.1. The Balaban J connectivity index is 1.51. The molecular weight excluding hydrogens is 564 g/mol. The molecule has 3 N–H and O–H groups in total. The van der Waals surface area contributed by atoms with Gasteiger partial charge in [-0.1, -0.05) is 36.4 Å². The number of ketones is 1. The van der Waals surface area contributed by atoms with Gasteiger partial charge in [0.1, 0.15) is 29.5 Å². The molecule has 1 aliphatic rings. The van der Waals surface area contributed by atoms with Crippen LogP contribution >= 0.6 is 0 Å². The molecule has 0 unspecified atom stereocenters. The number of benzene rings is 2. The number of nitrogens with zero attached hydrogens (tertiary/aromatic N) is 2. The number of methoxy groups -OCH3 is 1. The average molecular weight is 603 g/mol. The quantitative estimate of drug-likeness (QED) is 0.312. The molecule has 1 aliphatic heterocycles. The van der Waals surface area contributed by atoms with E-state index in [1.165, 1.54) is 11.0 Å². The highest BCUT2D eigenvalue weighted by atomic mass is 16.6. The van der Waals surface area contributed by atoms with E-state index in [-0.39, 0.29) is 31.6 Å². The molecular formula is C33H38N4O7. The fraction of sp³-hybridized carbons (Fsp3) is 0.364. The van der Waals surface area contributed by atoms with Crippen molar-refractivity contribution in [3.8, 4) is 11.6 Å². The molecule has 2 heterocycles. The first kappa shape index (κ1) is 32.0. The molecule has 1 aromatic heterocycles. The number of allylic oxidation sites excluding steroid dienone is 1. The molecule has 4 rings (SSSR count). The van der Waals surface area contributed by atoms with Gasteiger partial charge in [-0.2, -0.15) is 0 Å². The highest BCUT2D eigenvalue weighted by Crippen LogP contribution is 2.30. The molecule has 1 saturated heterocycles. The summed E-state index contributed by atoms with van der Waals surface area (Å²) in [6.45, 7) is 5.12. The maximum Gasteiger partial charge on any atom is 0.408 e. The summed E-state index contributed by atoms with van der Waals surface area (Å²) in [5, 5.41) is 4.18. The molecule has 3 amide bonds. The van der Waals surface area contributed by atoms with Crippen molar-refractivity contribution in [3.63, 3.8) is 0 Å². The number of ether oxygens (including phenoxy) is 3. The van der Waals surface area contributed by atoms with Gasteiger partial charge in [0.2, 0.25) is 17.7 Å². The molecule has 2 aromatic carbocycles. The molecule has 0 aliphatic carbocycles. The second-order valence-corrected chi connectivity index (χ2v) is 11.5. The highest BCUT2D eigenvalue weighted by molar-refractivity contribution is 5.95. The van der Waals surface area contributed by atoms with Crippen molar-refractivity contribution in [1.29, 1.82) is 0 Å². The van der Waals surface area contributed by atoms with Crippen LogP contribution in [0.15, 0.2) is 66.9 Å². The third kappa shape index (κ3) is 8.56. The van der Waals surface area contributed by atoms with Gasteiger partial charge in [0, 0.05) is 24.4 Å². The van der Waals surface area contributed by atoms with Crippen LogP contribution in [0.25, 0.3) is 16.8 Å². The van der Waals surface area contributed by atoms with E-state index in [1.54, 1.807) is 46.2 Å². The third-order valence-electron chi connectivity index (χ3n) is 7.02. The number of nitrogens with two attached hydrogens (primary N) is 1. The van der Waals surface area contributed by atoms with Gasteiger partial charge in [-0.3, -0.25) is 14.4 Å². The fourth-order valence-corrected chi connectivity index (χ4v) is 4.93. The maximum atomic E-state index is 13.9. The zero-order valence-electron chi connectivity index (χ0n) is 25.3. The van der Waals surface area contributed by atoms with Crippen LogP contribution < -0.4 is 20.5 Å². The van der Waals surface area contributed by atoms with Crippen LogP contribution in [0.3, 0.4) is 0 Å². The molecule has 0 spiro atoms. The molecule has 3 aromatic rings. The van der Waals surface area contributed by atoms with Gasteiger partial charge in [0.05, 0.1) is 13.7 Å². The Morgan fingerprint density at radius 1 is 1.11 bits per heavy atom. The first-order valence-electron chi connectivity index (χ1n) is 14.4. The van der Waals surface area contributed by atoms with E-state index in [0.717, 1.165) is 16.3 Å². The Bertz CT molecular complexity index is 1530. The van der Waals surface area contributed by atoms with E-state index >= 15 is 0 Å². The van der Waals surface area contributed by atoms with Gasteiger partial charge in [0.15, 0.2) is 5.78 Å². The predicted octanol–water partition coefficient (Wildman–Crippen LogP) is 4.03. The van der Waals surface area contributed by atoms with E-state index < -0.39 is 41.7 Å². The molecule has 3 atom stereocenters. The number of primary amides is 1. The summed E-state index contributed by atoms with van der Waals surface area (Å²) in [5.74, 6) is -0.491. The molecule has 44 heavy (non-hydrogen) atoms. The van der Waals surface area contributed by atoms with Crippen LogP contribution in [0.4, 0.5) is 4.79 Å². The standard InChI is InChI=1S/C33H38N4O7/c1-33(2,3)44-32(41)36-27(15-12-23(38)11-10-21-8-6-5-7-9-21)31(40)37-20-25(19-28(37)29(34)39)43-30-26-14-13-24(42-4)18-22(26)16-17-35-30/h5-11,13-14,16-18,25,27-28H,12,15,19-20H2,1-4H3,(H2,34,39)(H,36,41)/b11-10+/t25-,27+,28+/m1/s1. The summed E-state index contributed by atoms with van der Waals surface area (Å²) in [6, 6.07) is 14.5. The zero-order chi connectivity index (χ0) is 31.9. The van der Waals surface area contributed by atoms with Crippen molar-refractivity contribution in [2.24, 2.45) is 5.73 Å². The number of carbonyl (C=O) groups excluding carboxylic acids is 4. The zero-order valence-corrected chi connectivity index (χ0v) is 25.3. The SMILES string of the molecule is COc1ccc2c(O[C@@H]3C[C@@H](C(N)=O)N(C(=O)[C@H](CCC(=O)/C=C/c4ccccc4)NC(=O)OC(C)(C)C)C3)nccc2c1. The largest absolute Gasteiger partial charge is 0.497 e. The number of amides is 3. The van der Waals surface area contributed by atoms with Gasteiger partial charge < -0.3 is 30.2 Å². The first-order valence-corrected chi connectivity index (χ1v) is 14.4. The highest BCUT2D eigenvalue weighted by Gasteiger charge is 2.42. The Kier molecular flexibility index (Phi) is 10.2. The Morgan fingerprint density at radius 2 is 1.86 bits per heavy atom. The third-order valence-corrected chi connectivity index (χ3v) is 7.02. The van der Waals surface area contributed by atoms with Crippen LogP contribution in [-0.2, 0) is 19.1 Å². The summed E-state index contributed by atoms with van der Waals surface area (Å²) in [6.07, 6.45) is 3.38. The van der Waals surface area contributed by atoms with Crippen molar-refractivity contribution < 1.29 is 33.4 Å². The van der Waals surface area contributed by atoms with Gasteiger partial charge in [-0.25, -0.2) is 9.78 Å². The summed E-state index contributed by atoms with van der Waals surface area (Å²) >= 11 is 0. The van der Waals surface area contributed by atoms with Gasteiger partial charge >= 0.3 is 6.09 Å². The van der Waals surface area contributed by atoms with E-state index in [4.69, 9.17) is 19.9 Å². The normalized spacial score (nSPS) is 17.3. The number of carbonyl (C=O) groups is 4. The number of fused-ring (bicyclic) bond motifs is 1. The first-order chi connectivity index (χ1) is 20.9. The molecule has 11 heteroatoms. The number of hydrogen-bond donors (Lipinski definition) is 2. The summed E-state index contributed by atoms with van der Waals surface area (Å²) in [7, 11) is 1.58. The molecule has 0 bridgehead atoms. The number of alkyl carbamates (subject to hydrolysis) is 1. The van der Waals surface area contributed by atoms with E-state index in [2.05, 4.69) is 10.3 Å². The fourth-order valence-electron chi connectivity index (χ4n) is 4.93. The van der Waals surface area contributed by atoms with Gasteiger partial charge in [0.25, 0.3) is 0 Å². The van der Waals surface area contributed by atoms with Crippen molar-refractivity contribution >= 4 is 40.5 Å². The smallest absolute Gasteiger partial charge is 0.408 e.